The maximum absolute atomic E-state index is 13.6. The van der Waals surface area contributed by atoms with Crippen LogP contribution in [-0.2, 0) is 9.53 Å². The van der Waals surface area contributed by atoms with Gasteiger partial charge in [-0.25, -0.2) is 4.39 Å². The van der Waals surface area contributed by atoms with Crippen LogP contribution < -0.4 is 0 Å². The number of halogens is 2. The smallest absolute Gasteiger partial charge is 0.311 e. The number of likely N-dealkylation sites (tertiary alicyclic amines) is 1. The Labute approximate surface area is 145 Å². The summed E-state index contributed by atoms with van der Waals surface area (Å²) in [5, 5.41) is 9.63. The molecule has 0 aliphatic carbocycles. The lowest BCUT2D eigenvalue weighted by Gasteiger charge is -2.40. The number of hydrogen-bond acceptors (Lipinski definition) is 3. The van der Waals surface area contributed by atoms with Crippen LogP contribution in [0.2, 0.25) is 5.02 Å². The molecule has 0 unspecified atom stereocenters. The maximum Gasteiger partial charge on any atom is 0.311 e. The predicted octanol–water partition coefficient (Wildman–Crippen LogP) is 3.21. The monoisotopic (exact) mass is 357 g/mol. The molecule has 0 radical (unpaired) electrons. The Kier molecular flexibility index (Phi) is 6.18. The van der Waals surface area contributed by atoms with Crippen LogP contribution in [0.25, 0.3) is 0 Å². The molecular weight excluding hydrogens is 337 g/mol. The quantitative estimate of drug-likeness (QED) is 0.794. The van der Waals surface area contributed by atoms with Crippen LogP contribution in [0.15, 0.2) is 18.2 Å². The second-order valence-electron chi connectivity index (χ2n) is 6.14. The molecule has 1 N–H and O–H groups in total. The summed E-state index contributed by atoms with van der Waals surface area (Å²) in [6, 6.07) is 3.87. The van der Waals surface area contributed by atoms with Crippen molar-refractivity contribution in [2.45, 2.75) is 25.7 Å². The first kappa shape index (κ1) is 18.7. The summed E-state index contributed by atoms with van der Waals surface area (Å²) in [6.07, 6.45) is 2.17. The summed E-state index contributed by atoms with van der Waals surface area (Å²) < 4.78 is 18.6. The van der Waals surface area contributed by atoms with E-state index in [1.165, 1.54) is 17.0 Å². The van der Waals surface area contributed by atoms with E-state index >= 15 is 0 Å². The minimum atomic E-state index is -0.975. The minimum Gasteiger partial charge on any atom is -0.481 e. The Morgan fingerprint density at radius 2 is 2.21 bits per heavy atom. The largest absolute Gasteiger partial charge is 0.481 e. The van der Waals surface area contributed by atoms with Crippen molar-refractivity contribution in [1.29, 1.82) is 0 Å². The van der Waals surface area contributed by atoms with Crippen LogP contribution in [0.3, 0.4) is 0 Å². The zero-order valence-electron chi connectivity index (χ0n) is 13.6. The topological polar surface area (TPSA) is 66.8 Å². The standard InChI is InChI=1S/C17H21ClFNO4/c1-24-9-3-7-17(16(22)23)6-2-8-20(11-17)15(21)12-4-5-13(18)14(19)10-12/h4-5,10H,2-3,6-9,11H2,1H3,(H,22,23)/t17-/m0/s1. The van der Waals surface area contributed by atoms with Crippen molar-refractivity contribution in [3.05, 3.63) is 34.6 Å². The summed E-state index contributed by atoms with van der Waals surface area (Å²) in [4.78, 5) is 25.9. The molecule has 1 saturated heterocycles. The number of methoxy groups -OCH3 is 1. The fourth-order valence-electron chi connectivity index (χ4n) is 3.16. The van der Waals surface area contributed by atoms with Crippen LogP contribution in [0.1, 0.15) is 36.0 Å². The van der Waals surface area contributed by atoms with Gasteiger partial charge in [0.2, 0.25) is 0 Å². The number of benzene rings is 1. The minimum absolute atomic E-state index is 0.0513. The number of aliphatic carboxylic acids is 1. The third-order valence-electron chi connectivity index (χ3n) is 4.49. The lowest BCUT2D eigenvalue weighted by Crippen LogP contribution is -2.50. The summed E-state index contributed by atoms with van der Waals surface area (Å²) in [5.41, 5.74) is -0.799. The highest BCUT2D eigenvalue weighted by atomic mass is 35.5. The van der Waals surface area contributed by atoms with Crippen molar-refractivity contribution in [3.63, 3.8) is 0 Å². The predicted molar refractivity (Wildman–Crippen MR) is 87.7 cm³/mol. The number of nitrogens with zero attached hydrogens (tertiary/aromatic N) is 1. The molecule has 1 aromatic carbocycles. The van der Waals surface area contributed by atoms with Gasteiger partial charge in [0, 0.05) is 32.4 Å². The van der Waals surface area contributed by atoms with E-state index in [9.17, 15) is 19.1 Å². The summed E-state index contributed by atoms with van der Waals surface area (Å²) in [6.45, 7) is 1.06. The Morgan fingerprint density at radius 1 is 1.46 bits per heavy atom. The van der Waals surface area contributed by atoms with Crippen LogP contribution in [-0.4, -0.2) is 48.7 Å². The van der Waals surface area contributed by atoms with E-state index in [4.69, 9.17) is 16.3 Å². The molecule has 1 amide bonds. The Bertz CT molecular complexity index is 625. The van der Waals surface area contributed by atoms with Gasteiger partial charge < -0.3 is 14.7 Å². The number of hydrogen-bond donors (Lipinski definition) is 1. The number of amides is 1. The first-order chi connectivity index (χ1) is 11.4. The molecule has 0 spiro atoms. The second kappa shape index (κ2) is 7.94. The third kappa shape index (κ3) is 4.05. The number of carboxylic acids is 1. The molecule has 2 rings (SSSR count). The van der Waals surface area contributed by atoms with Gasteiger partial charge in [-0.15, -0.1) is 0 Å². The number of ether oxygens (including phenoxy) is 1. The fourth-order valence-corrected chi connectivity index (χ4v) is 3.27. The van der Waals surface area contributed by atoms with Gasteiger partial charge in [0.15, 0.2) is 0 Å². The van der Waals surface area contributed by atoms with Gasteiger partial charge in [-0.2, -0.15) is 0 Å². The van der Waals surface area contributed by atoms with Crippen molar-refractivity contribution in [1.82, 2.24) is 4.90 Å². The molecule has 7 heteroatoms. The third-order valence-corrected chi connectivity index (χ3v) is 4.79. The van der Waals surface area contributed by atoms with E-state index in [0.717, 1.165) is 6.07 Å². The Morgan fingerprint density at radius 3 is 2.83 bits per heavy atom. The Hall–Kier alpha value is -1.66. The average molecular weight is 358 g/mol. The van der Waals surface area contributed by atoms with E-state index < -0.39 is 17.2 Å². The van der Waals surface area contributed by atoms with Crippen molar-refractivity contribution in [2.75, 3.05) is 26.8 Å². The zero-order chi connectivity index (χ0) is 17.7. The van der Waals surface area contributed by atoms with Crippen molar-refractivity contribution in [2.24, 2.45) is 5.41 Å². The normalized spacial score (nSPS) is 20.9. The summed E-state index contributed by atoms with van der Waals surface area (Å²) >= 11 is 5.64. The lowest BCUT2D eigenvalue weighted by molar-refractivity contribution is -0.152. The average Bonchev–Trinajstić information content (AvgIpc) is 2.57. The van der Waals surface area contributed by atoms with Gasteiger partial charge in [0.25, 0.3) is 5.91 Å². The maximum atomic E-state index is 13.6. The Balaban J connectivity index is 2.16. The molecule has 0 saturated carbocycles. The number of carbonyl (C=O) groups excluding carboxylic acids is 1. The van der Waals surface area contributed by atoms with E-state index in [1.807, 2.05) is 0 Å². The number of carbonyl (C=O) groups is 2. The molecule has 1 aliphatic rings. The van der Waals surface area contributed by atoms with Crippen LogP contribution in [0, 0.1) is 11.2 Å². The molecular formula is C17H21ClFNO4. The van der Waals surface area contributed by atoms with Crippen molar-refractivity contribution >= 4 is 23.5 Å². The number of rotatable bonds is 6. The molecule has 0 bridgehead atoms. The fraction of sp³-hybridized carbons (Fsp3) is 0.529. The van der Waals surface area contributed by atoms with Gasteiger partial charge in [-0.3, -0.25) is 9.59 Å². The van der Waals surface area contributed by atoms with Crippen LogP contribution >= 0.6 is 11.6 Å². The summed E-state index contributed by atoms with van der Waals surface area (Å²) in [5.74, 6) is -1.94. The number of carboxylic acid groups (broad SMARTS) is 1. The van der Waals surface area contributed by atoms with E-state index in [1.54, 1.807) is 7.11 Å². The molecule has 24 heavy (non-hydrogen) atoms. The first-order valence-corrected chi connectivity index (χ1v) is 8.24. The molecule has 1 atom stereocenters. The molecule has 1 aromatic rings. The zero-order valence-corrected chi connectivity index (χ0v) is 14.3. The van der Waals surface area contributed by atoms with Gasteiger partial charge in [-0.1, -0.05) is 11.6 Å². The van der Waals surface area contributed by atoms with E-state index in [2.05, 4.69) is 0 Å². The molecule has 1 aliphatic heterocycles. The van der Waals surface area contributed by atoms with Gasteiger partial charge in [-0.05, 0) is 43.9 Å². The van der Waals surface area contributed by atoms with Crippen molar-refractivity contribution in [3.8, 4) is 0 Å². The molecule has 132 valence electrons. The van der Waals surface area contributed by atoms with Gasteiger partial charge in [0.1, 0.15) is 5.82 Å². The van der Waals surface area contributed by atoms with Crippen LogP contribution in [0.4, 0.5) is 4.39 Å². The highest BCUT2D eigenvalue weighted by Crippen LogP contribution is 2.35. The summed E-state index contributed by atoms with van der Waals surface area (Å²) in [7, 11) is 1.57. The molecule has 0 aromatic heterocycles. The van der Waals surface area contributed by atoms with Gasteiger partial charge in [0.05, 0.1) is 10.4 Å². The second-order valence-corrected chi connectivity index (χ2v) is 6.55. The molecule has 1 heterocycles. The molecule has 5 nitrogen and oxygen atoms in total. The number of piperidine rings is 1. The van der Waals surface area contributed by atoms with E-state index in [-0.39, 0.29) is 23.0 Å². The highest BCUT2D eigenvalue weighted by Gasteiger charge is 2.43. The van der Waals surface area contributed by atoms with E-state index in [0.29, 0.717) is 38.8 Å². The highest BCUT2D eigenvalue weighted by molar-refractivity contribution is 6.30. The van der Waals surface area contributed by atoms with Crippen molar-refractivity contribution < 1.29 is 23.8 Å². The first-order valence-electron chi connectivity index (χ1n) is 7.86. The van der Waals surface area contributed by atoms with Crippen LogP contribution in [0.5, 0.6) is 0 Å². The SMILES string of the molecule is COCCC[C@@]1(C(=O)O)CCCN(C(=O)c2ccc(Cl)c(F)c2)C1. The van der Waals surface area contributed by atoms with Gasteiger partial charge >= 0.3 is 5.97 Å². The lowest BCUT2D eigenvalue weighted by atomic mass is 9.76. The molecule has 1 fully saturated rings.